The summed E-state index contributed by atoms with van der Waals surface area (Å²) in [5.41, 5.74) is 2.44. The van der Waals surface area contributed by atoms with Crippen molar-refractivity contribution in [2.24, 2.45) is 11.8 Å². The van der Waals surface area contributed by atoms with Gasteiger partial charge in [-0.05, 0) is 52.9 Å². The Labute approximate surface area is 193 Å². The van der Waals surface area contributed by atoms with Crippen LogP contribution >= 0.6 is 22.9 Å². The number of carbonyl (C=O) groups excluding carboxylic acids is 3. The summed E-state index contributed by atoms with van der Waals surface area (Å²) in [4.78, 5) is 44.8. The average Bonchev–Trinajstić information content (AvgIpc) is 3.51. The molecule has 1 aromatic heterocycles. The molecule has 4 atom stereocenters. The Balaban J connectivity index is 1.50. The van der Waals surface area contributed by atoms with Crippen LogP contribution in [0.25, 0.3) is 6.08 Å². The van der Waals surface area contributed by atoms with E-state index in [9.17, 15) is 14.4 Å². The summed E-state index contributed by atoms with van der Waals surface area (Å²) >= 11 is 7.36. The number of hydrogen-bond acceptors (Lipinski definition) is 5. The van der Waals surface area contributed by atoms with Gasteiger partial charge in [0.05, 0.1) is 28.4 Å². The predicted octanol–water partition coefficient (Wildman–Crippen LogP) is 4.80. The van der Waals surface area contributed by atoms with Gasteiger partial charge in [0.15, 0.2) is 5.78 Å². The minimum absolute atomic E-state index is 0.124. The fraction of sp³-hybridized carbons (Fsp3) is 0.160. The second kappa shape index (κ2) is 7.15. The molecule has 0 radical (unpaired) electrons. The van der Waals surface area contributed by atoms with Gasteiger partial charge in [-0.2, -0.15) is 0 Å². The lowest BCUT2D eigenvalue weighted by Crippen LogP contribution is -2.44. The lowest BCUT2D eigenvalue weighted by molar-refractivity contribution is -0.123. The molecule has 0 N–H and O–H groups in total. The fourth-order valence-electron chi connectivity index (χ4n) is 5.27. The van der Waals surface area contributed by atoms with Gasteiger partial charge in [0.1, 0.15) is 6.04 Å². The van der Waals surface area contributed by atoms with Crippen molar-refractivity contribution in [3.05, 3.63) is 93.3 Å². The summed E-state index contributed by atoms with van der Waals surface area (Å²) in [5, 5.41) is 2.37. The van der Waals surface area contributed by atoms with Gasteiger partial charge in [0.25, 0.3) is 0 Å². The van der Waals surface area contributed by atoms with E-state index in [0.717, 1.165) is 11.1 Å². The van der Waals surface area contributed by atoms with E-state index >= 15 is 0 Å². The second-order valence-electron chi connectivity index (χ2n) is 8.16. The van der Waals surface area contributed by atoms with Crippen LogP contribution in [0.15, 0.2) is 72.2 Å². The lowest BCUT2D eigenvalue weighted by atomic mass is 9.84. The highest BCUT2D eigenvalue weighted by Gasteiger charge is 2.64. The van der Waals surface area contributed by atoms with Gasteiger partial charge in [-0.3, -0.25) is 14.4 Å². The van der Waals surface area contributed by atoms with E-state index in [1.165, 1.54) is 16.2 Å². The molecule has 3 aliphatic heterocycles. The number of rotatable bonds is 3. The largest absolute Gasteiger partial charge is 0.358 e. The molecule has 158 valence electrons. The molecular formula is C25H17ClN2O3S. The molecule has 2 amide bonds. The first-order valence-corrected chi connectivity index (χ1v) is 11.6. The highest BCUT2D eigenvalue weighted by atomic mass is 35.5. The van der Waals surface area contributed by atoms with Crippen molar-refractivity contribution < 1.29 is 14.4 Å². The maximum absolute atomic E-state index is 13.7. The summed E-state index contributed by atoms with van der Waals surface area (Å²) in [6, 6.07) is 17.0. The molecule has 0 spiro atoms. The number of benzene rings is 2. The molecule has 32 heavy (non-hydrogen) atoms. The first-order valence-electron chi connectivity index (χ1n) is 10.3. The number of fused-ring (bicyclic) bond motifs is 5. The highest BCUT2D eigenvalue weighted by Crippen LogP contribution is 2.53. The highest BCUT2D eigenvalue weighted by molar-refractivity contribution is 7.12. The van der Waals surface area contributed by atoms with Gasteiger partial charge in [-0.15, -0.1) is 11.3 Å². The number of Topliss-reactive ketones (excluding diaryl/α,β-unsaturated/α-hetero) is 1. The molecule has 0 unspecified atom stereocenters. The molecule has 3 aromatic rings. The Morgan fingerprint density at radius 3 is 2.41 bits per heavy atom. The van der Waals surface area contributed by atoms with Crippen LogP contribution in [0, 0.1) is 11.8 Å². The Bertz CT molecular complexity index is 1280. The van der Waals surface area contributed by atoms with Crippen LogP contribution in [0.1, 0.15) is 26.8 Å². The monoisotopic (exact) mass is 460 g/mol. The number of hydrogen-bond donors (Lipinski definition) is 0. The molecular weight excluding hydrogens is 444 g/mol. The first kappa shape index (κ1) is 19.5. The van der Waals surface area contributed by atoms with Crippen LogP contribution in [0.2, 0.25) is 5.02 Å². The normalized spacial score (nSPS) is 25.7. The summed E-state index contributed by atoms with van der Waals surface area (Å²) in [6.45, 7) is 0. The Kier molecular flexibility index (Phi) is 4.35. The van der Waals surface area contributed by atoms with Crippen LogP contribution in [-0.4, -0.2) is 28.5 Å². The number of amides is 2. The number of halogens is 1. The molecule has 4 heterocycles. The van der Waals surface area contributed by atoms with E-state index in [0.29, 0.717) is 15.6 Å². The zero-order valence-corrected chi connectivity index (χ0v) is 18.3. The maximum atomic E-state index is 13.7. The number of ketones is 1. The molecule has 2 fully saturated rings. The molecule has 5 nitrogen and oxygen atoms in total. The van der Waals surface area contributed by atoms with Crippen molar-refractivity contribution in [2.45, 2.75) is 12.1 Å². The number of carbonyl (C=O) groups is 3. The molecule has 0 aliphatic carbocycles. The third kappa shape index (κ3) is 2.66. The molecule has 2 aromatic carbocycles. The van der Waals surface area contributed by atoms with Crippen LogP contribution in [0.5, 0.6) is 0 Å². The Hall–Kier alpha value is -3.22. The van der Waals surface area contributed by atoms with E-state index in [-0.39, 0.29) is 23.6 Å². The molecule has 2 saturated heterocycles. The summed E-state index contributed by atoms with van der Waals surface area (Å²) in [7, 11) is 0. The van der Waals surface area contributed by atoms with Gasteiger partial charge >= 0.3 is 0 Å². The van der Waals surface area contributed by atoms with Crippen molar-refractivity contribution in [3.8, 4) is 0 Å². The third-order valence-electron chi connectivity index (χ3n) is 6.58. The number of nitrogens with zero attached hydrogens (tertiary/aromatic N) is 2. The number of anilines is 1. The van der Waals surface area contributed by atoms with Crippen LogP contribution in [0.3, 0.4) is 0 Å². The standard InChI is InChI=1S/C25H17ClN2O3S/c26-15-7-9-16(10-8-15)28-24(30)19-20(25(28)31)22(23(29)18-6-3-13-32-18)27-12-11-14-4-1-2-5-17(14)21(19)27/h1-13,19-22H/t19-,20-,21-,22+/m1/s1. The summed E-state index contributed by atoms with van der Waals surface area (Å²) in [5.74, 6) is -2.13. The topological polar surface area (TPSA) is 57.7 Å². The van der Waals surface area contributed by atoms with E-state index in [1.54, 1.807) is 30.3 Å². The van der Waals surface area contributed by atoms with Crippen molar-refractivity contribution in [2.75, 3.05) is 4.90 Å². The van der Waals surface area contributed by atoms with E-state index in [2.05, 4.69) is 0 Å². The average molecular weight is 461 g/mol. The molecule has 0 saturated carbocycles. The zero-order chi connectivity index (χ0) is 22.0. The fourth-order valence-corrected chi connectivity index (χ4v) is 6.09. The minimum Gasteiger partial charge on any atom is -0.358 e. The van der Waals surface area contributed by atoms with Gasteiger partial charge in [-0.1, -0.05) is 41.9 Å². The van der Waals surface area contributed by atoms with Crippen LogP contribution < -0.4 is 4.90 Å². The first-order chi connectivity index (χ1) is 15.6. The summed E-state index contributed by atoms with van der Waals surface area (Å²) < 4.78 is 0. The molecule has 0 bridgehead atoms. The van der Waals surface area contributed by atoms with Crippen LogP contribution in [-0.2, 0) is 9.59 Å². The smallest absolute Gasteiger partial charge is 0.240 e. The van der Waals surface area contributed by atoms with E-state index < -0.39 is 17.9 Å². The molecule has 6 rings (SSSR count). The van der Waals surface area contributed by atoms with Gasteiger partial charge in [0, 0.05) is 11.2 Å². The Morgan fingerprint density at radius 1 is 0.906 bits per heavy atom. The van der Waals surface area contributed by atoms with Gasteiger partial charge in [-0.25, -0.2) is 4.90 Å². The van der Waals surface area contributed by atoms with E-state index in [1.807, 2.05) is 52.9 Å². The SMILES string of the molecule is O=C(c1cccs1)[C@@H]1[C@@H]2C(=O)N(c3ccc(Cl)cc3)C(=O)[C@H]2[C@H]2c3ccccc3C=CN12. The Morgan fingerprint density at radius 2 is 1.66 bits per heavy atom. The number of thiophene rings is 1. The number of imide groups is 1. The van der Waals surface area contributed by atoms with Gasteiger partial charge < -0.3 is 4.90 Å². The van der Waals surface area contributed by atoms with Crippen molar-refractivity contribution in [1.82, 2.24) is 4.90 Å². The minimum atomic E-state index is -0.756. The quantitative estimate of drug-likeness (QED) is 0.416. The van der Waals surface area contributed by atoms with Crippen molar-refractivity contribution >= 4 is 52.3 Å². The second-order valence-corrected chi connectivity index (χ2v) is 9.55. The van der Waals surface area contributed by atoms with Crippen molar-refractivity contribution in [3.63, 3.8) is 0 Å². The third-order valence-corrected chi connectivity index (χ3v) is 7.72. The lowest BCUT2D eigenvalue weighted by Gasteiger charge is -2.35. The van der Waals surface area contributed by atoms with Crippen LogP contribution in [0.4, 0.5) is 5.69 Å². The van der Waals surface area contributed by atoms with E-state index in [4.69, 9.17) is 11.6 Å². The maximum Gasteiger partial charge on any atom is 0.240 e. The zero-order valence-electron chi connectivity index (χ0n) is 16.7. The van der Waals surface area contributed by atoms with Gasteiger partial charge in [0.2, 0.25) is 11.8 Å². The van der Waals surface area contributed by atoms with Crippen molar-refractivity contribution in [1.29, 1.82) is 0 Å². The predicted molar refractivity (Wildman–Crippen MR) is 123 cm³/mol. The summed E-state index contributed by atoms with van der Waals surface area (Å²) in [6.07, 6.45) is 3.82. The molecule has 3 aliphatic rings. The molecule has 7 heteroatoms.